The number of hydrogen-bond donors (Lipinski definition) is 1. The summed E-state index contributed by atoms with van der Waals surface area (Å²) in [5, 5.41) is 2.82. The van der Waals surface area contributed by atoms with Crippen molar-refractivity contribution in [1.82, 2.24) is 5.32 Å². The van der Waals surface area contributed by atoms with Gasteiger partial charge in [0, 0.05) is 4.47 Å². The van der Waals surface area contributed by atoms with Gasteiger partial charge in [-0.05, 0) is 49.6 Å². The van der Waals surface area contributed by atoms with Crippen molar-refractivity contribution in [2.24, 2.45) is 0 Å². The normalized spacial score (nSPS) is 11.7. The predicted molar refractivity (Wildman–Crippen MR) is 96.9 cm³/mol. The molecule has 4 nitrogen and oxygen atoms in total. The molecule has 0 saturated heterocycles. The van der Waals surface area contributed by atoms with Crippen LogP contribution in [0.25, 0.3) is 0 Å². The number of esters is 1. The van der Waals surface area contributed by atoms with Gasteiger partial charge in [-0.3, -0.25) is 4.79 Å². The molecule has 24 heavy (non-hydrogen) atoms. The molecule has 1 atom stereocenters. The number of aryl methyl sites for hydroxylation is 1. The van der Waals surface area contributed by atoms with Gasteiger partial charge in [-0.25, -0.2) is 4.79 Å². The summed E-state index contributed by atoms with van der Waals surface area (Å²) < 4.78 is 6.05. The molecule has 1 N–H and O–H groups in total. The molecule has 0 saturated carbocycles. The summed E-state index contributed by atoms with van der Waals surface area (Å²) in [6.45, 7) is 5.37. The minimum atomic E-state index is -0.486. The second kappa shape index (κ2) is 8.11. The molecule has 0 aliphatic carbocycles. The number of carbonyl (C=O) groups is 2. The Morgan fingerprint density at radius 1 is 1.12 bits per heavy atom. The molecule has 0 heterocycles. The molecule has 0 aliphatic rings. The predicted octanol–water partition coefficient (Wildman–Crippen LogP) is 4.10. The molecule has 0 aliphatic heterocycles. The zero-order chi connectivity index (χ0) is 17.7. The number of ether oxygens (including phenoxy) is 1. The lowest BCUT2D eigenvalue weighted by Crippen LogP contribution is -2.31. The van der Waals surface area contributed by atoms with Crippen LogP contribution in [-0.2, 0) is 9.53 Å². The highest BCUT2D eigenvalue weighted by Crippen LogP contribution is 2.22. The maximum Gasteiger partial charge on any atom is 0.338 e. The van der Waals surface area contributed by atoms with Crippen molar-refractivity contribution in [3.05, 3.63) is 69.2 Å². The van der Waals surface area contributed by atoms with Crippen LogP contribution in [0.1, 0.15) is 40.0 Å². The third kappa shape index (κ3) is 4.45. The van der Waals surface area contributed by atoms with E-state index < -0.39 is 5.97 Å². The van der Waals surface area contributed by atoms with Crippen LogP contribution in [0.4, 0.5) is 0 Å². The van der Waals surface area contributed by atoms with Crippen molar-refractivity contribution in [3.8, 4) is 0 Å². The number of hydrogen-bond acceptors (Lipinski definition) is 3. The summed E-state index contributed by atoms with van der Waals surface area (Å²) >= 11 is 3.46. The summed E-state index contributed by atoms with van der Waals surface area (Å²) in [6, 6.07) is 12.9. The Morgan fingerprint density at radius 2 is 1.83 bits per heavy atom. The standard InChI is InChI=1S/C19H20BrNO3/c1-12-7-6-9-15(13(12)2)19(23)24-11-18(22)21-14(3)16-8-4-5-10-17(16)20/h4-10,14H,11H2,1-3H3,(H,21,22)/t14-/m1/s1. The lowest BCUT2D eigenvalue weighted by atomic mass is 10.0. The van der Waals surface area contributed by atoms with Crippen LogP contribution in [-0.4, -0.2) is 18.5 Å². The first kappa shape index (κ1) is 18.2. The molecule has 2 aromatic rings. The largest absolute Gasteiger partial charge is 0.452 e. The monoisotopic (exact) mass is 389 g/mol. The number of rotatable bonds is 5. The highest BCUT2D eigenvalue weighted by Gasteiger charge is 2.16. The first-order chi connectivity index (χ1) is 11.4. The summed E-state index contributed by atoms with van der Waals surface area (Å²) in [4.78, 5) is 24.1. The maximum atomic E-state index is 12.1. The Balaban J connectivity index is 1.92. The number of carbonyl (C=O) groups excluding carboxylic acids is 2. The maximum absolute atomic E-state index is 12.1. The molecule has 0 spiro atoms. The number of amides is 1. The Labute approximate surface area is 150 Å². The van der Waals surface area contributed by atoms with Gasteiger partial charge in [0.2, 0.25) is 0 Å². The lowest BCUT2D eigenvalue weighted by Gasteiger charge is -2.16. The summed E-state index contributed by atoms with van der Waals surface area (Å²) in [5.41, 5.74) is 3.33. The van der Waals surface area contributed by atoms with Crippen LogP contribution in [0, 0.1) is 13.8 Å². The third-order valence-electron chi connectivity index (χ3n) is 3.91. The summed E-state index contributed by atoms with van der Waals surface area (Å²) in [5.74, 6) is -0.822. The molecule has 2 aromatic carbocycles. The van der Waals surface area contributed by atoms with Gasteiger partial charge in [0.15, 0.2) is 6.61 Å². The quantitative estimate of drug-likeness (QED) is 0.783. The molecule has 126 valence electrons. The van der Waals surface area contributed by atoms with Crippen LogP contribution in [0.15, 0.2) is 46.9 Å². The molecule has 2 rings (SSSR count). The van der Waals surface area contributed by atoms with Crippen molar-refractivity contribution < 1.29 is 14.3 Å². The van der Waals surface area contributed by atoms with Gasteiger partial charge in [0.1, 0.15) is 0 Å². The smallest absolute Gasteiger partial charge is 0.338 e. The van der Waals surface area contributed by atoms with E-state index in [1.165, 1.54) is 0 Å². The molecule has 1 amide bonds. The minimum absolute atomic E-state index is 0.188. The highest BCUT2D eigenvalue weighted by atomic mass is 79.9. The van der Waals surface area contributed by atoms with Crippen molar-refractivity contribution in [2.45, 2.75) is 26.8 Å². The van der Waals surface area contributed by atoms with Gasteiger partial charge in [-0.15, -0.1) is 0 Å². The number of halogens is 1. The second-order valence-corrected chi connectivity index (χ2v) is 6.49. The van der Waals surface area contributed by atoms with Crippen molar-refractivity contribution in [1.29, 1.82) is 0 Å². The fraction of sp³-hybridized carbons (Fsp3) is 0.263. The van der Waals surface area contributed by atoms with E-state index in [4.69, 9.17) is 4.74 Å². The van der Waals surface area contributed by atoms with Gasteiger partial charge in [-0.2, -0.15) is 0 Å². The minimum Gasteiger partial charge on any atom is -0.452 e. The highest BCUT2D eigenvalue weighted by molar-refractivity contribution is 9.10. The fourth-order valence-corrected chi connectivity index (χ4v) is 3.00. The van der Waals surface area contributed by atoms with E-state index in [1.54, 1.807) is 12.1 Å². The summed E-state index contributed by atoms with van der Waals surface area (Å²) in [6.07, 6.45) is 0. The number of benzene rings is 2. The van der Waals surface area contributed by atoms with Gasteiger partial charge >= 0.3 is 5.97 Å². The van der Waals surface area contributed by atoms with Crippen molar-refractivity contribution >= 4 is 27.8 Å². The Hall–Kier alpha value is -2.14. The van der Waals surface area contributed by atoms with Crippen LogP contribution in [0.2, 0.25) is 0 Å². The van der Waals surface area contributed by atoms with Crippen molar-refractivity contribution in [2.75, 3.05) is 6.61 Å². The molecule has 5 heteroatoms. The SMILES string of the molecule is Cc1cccc(C(=O)OCC(=O)N[C@H](C)c2ccccc2Br)c1C. The third-order valence-corrected chi connectivity index (χ3v) is 4.63. The van der Waals surface area contributed by atoms with Crippen LogP contribution < -0.4 is 5.32 Å². The fourth-order valence-electron chi connectivity index (χ4n) is 2.37. The van der Waals surface area contributed by atoms with E-state index in [-0.39, 0.29) is 18.6 Å². The Morgan fingerprint density at radius 3 is 2.54 bits per heavy atom. The molecule has 0 bridgehead atoms. The summed E-state index contributed by atoms with van der Waals surface area (Å²) in [7, 11) is 0. The zero-order valence-electron chi connectivity index (χ0n) is 13.9. The molecular formula is C19H20BrNO3. The van der Waals surface area contributed by atoms with E-state index in [2.05, 4.69) is 21.2 Å². The average molecular weight is 390 g/mol. The van der Waals surface area contributed by atoms with Gasteiger partial charge in [0.05, 0.1) is 11.6 Å². The number of nitrogens with one attached hydrogen (secondary N) is 1. The Kier molecular flexibility index (Phi) is 6.15. The van der Waals surface area contributed by atoms with E-state index in [1.807, 2.05) is 51.1 Å². The van der Waals surface area contributed by atoms with E-state index in [0.29, 0.717) is 5.56 Å². The van der Waals surface area contributed by atoms with E-state index >= 15 is 0 Å². The van der Waals surface area contributed by atoms with Gasteiger partial charge in [0.25, 0.3) is 5.91 Å². The van der Waals surface area contributed by atoms with E-state index in [0.717, 1.165) is 21.2 Å². The molecule has 0 radical (unpaired) electrons. The Bertz CT molecular complexity index is 758. The molecule has 0 aromatic heterocycles. The average Bonchev–Trinajstić information content (AvgIpc) is 2.55. The first-order valence-electron chi connectivity index (χ1n) is 7.67. The zero-order valence-corrected chi connectivity index (χ0v) is 15.5. The van der Waals surface area contributed by atoms with E-state index in [9.17, 15) is 9.59 Å². The van der Waals surface area contributed by atoms with Crippen molar-refractivity contribution in [3.63, 3.8) is 0 Å². The molecule has 0 unspecified atom stereocenters. The lowest BCUT2D eigenvalue weighted by molar-refractivity contribution is -0.124. The van der Waals surface area contributed by atoms with Crippen LogP contribution in [0.5, 0.6) is 0 Å². The second-order valence-electron chi connectivity index (χ2n) is 5.63. The first-order valence-corrected chi connectivity index (χ1v) is 8.46. The molecular weight excluding hydrogens is 370 g/mol. The van der Waals surface area contributed by atoms with Gasteiger partial charge in [-0.1, -0.05) is 46.3 Å². The molecule has 0 fully saturated rings. The van der Waals surface area contributed by atoms with Crippen LogP contribution in [0.3, 0.4) is 0 Å². The van der Waals surface area contributed by atoms with Crippen LogP contribution >= 0.6 is 15.9 Å². The topological polar surface area (TPSA) is 55.4 Å². The van der Waals surface area contributed by atoms with Gasteiger partial charge < -0.3 is 10.1 Å².